The number of methoxy groups -OCH3 is 1. The van der Waals surface area contributed by atoms with Crippen molar-refractivity contribution in [2.24, 2.45) is 4.99 Å². The second kappa shape index (κ2) is 7.82. The molecule has 7 nitrogen and oxygen atoms in total. The number of aromatic nitrogens is 1. The van der Waals surface area contributed by atoms with E-state index in [2.05, 4.69) is 25.1 Å². The fourth-order valence-electron chi connectivity index (χ4n) is 2.67. The molecule has 0 bridgehead atoms. The molecule has 0 aromatic carbocycles. The van der Waals surface area contributed by atoms with Crippen LogP contribution in [0.5, 0.6) is 0 Å². The van der Waals surface area contributed by atoms with Crippen LogP contribution in [0, 0.1) is 0 Å². The molecule has 1 saturated heterocycles. The van der Waals surface area contributed by atoms with Gasteiger partial charge < -0.3 is 15.0 Å². The van der Waals surface area contributed by atoms with Crippen molar-refractivity contribution in [2.45, 2.75) is 0 Å². The van der Waals surface area contributed by atoms with Crippen LogP contribution in [0.3, 0.4) is 0 Å². The predicted molar refractivity (Wildman–Crippen MR) is 97.4 cm³/mol. The summed E-state index contributed by atoms with van der Waals surface area (Å²) in [6.45, 7) is 4.56. The van der Waals surface area contributed by atoms with Gasteiger partial charge in [-0.1, -0.05) is 12.2 Å². The summed E-state index contributed by atoms with van der Waals surface area (Å²) in [5, 5.41) is 6.01. The molecule has 1 N–H and O–H groups in total. The molecule has 1 aromatic rings. The zero-order valence-corrected chi connectivity index (χ0v) is 15.0. The quantitative estimate of drug-likeness (QED) is 0.602. The molecule has 24 heavy (non-hydrogen) atoms. The van der Waals surface area contributed by atoms with E-state index < -0.39 is 0 Å². The second-order valence-corrected chi connectivity index (χ2v) is 6.60. The van der Waals surface area contributed by atoms with Crippen LogP contribution in [-0.2, 0) is 9.53 Å². The molecule has 0 spiro atoms. The van der Waals surface area contributed by atoms with E-state index in [1.165, 1.54) is 18.4 Å². The lowest BCUT2D eigenvalue weighted by Gasteiger charge is -2.34. The molecule has 0 amide bonds. The molecule has 9 heteroatoms. The van der Waals surface area contributed by atoms with Crippen LogP contribution in [0.2, 0.25) is 0 Å². The molecule has 0 saturated carbocycles. The van der Waals surface area contributed by atoms with Gasteiger partial charge in [0.1, 0.15) is 0 Å². The number of carbonyl (C=O) groups is 1. The highest BCUT2D eigenvalue weighted by Gasteiger charge is 2.25. The normalized spacial score (nSPS) is 18.9. The van der Waals surface area contributed by atoms with Gasteiger partial charge in [-0.05, 0) is 0 Å². The summed E-state index contributed by atoms with van der Waals surface area (Å²) in [6.07, 6.45) is 1.74. The maximum absolute atomic E-state index is 12.1. The Kier molecular flexibility index (Phi) is 5.54. The Hall–Kier alpha value is -1.84. The topological polar surface area (TPSA) is 70.1 Å². The van der Waals surface area contributed by atoms with Gasteiger partial charge >= 0.3 is 5.97 Å². The summed E-state index contributed by atoms with van der Waals surface area (Å²) < 4.78 is 4.90. The summed E-state index contributed by atoms with van der Waals surface area (Å²) >= 11 is 6.50. The number of piperazine rings is 1. The highest BCUT2D eigenvalue weighted by molar-refractivity contribution is 7.78. The maximum Gasteiger partial charge on any atom is 0.337 e. The number of hydrogen-bond donors (Lipinski definition) is 1. The third kappa shape index (κ3) is 3.80. The van der Waals surface area contributed by atoms with Crippen LogP contribution < -0.4 is 5.32 Å². The number of aliphatic imine (C=N–C) groups is 1. The average Bonchev–Trinajstić information content (AvgIpc) is 3.16. The van der Waals surface area contributed by atoms with Gasteiger partial charge in [0.2, 0.25) is 0 Å². The van der Waals surface area contributed by atoms with Gasteiger partial charge in [0, 0.05) is 50.0 Å². The van der Waals surface area contributed by atoms with Crippen molar-refractivity contribution in [3.8, 4) is 0 Å². The molecule has 2 aliphatic heterocycles. The molecular formula is C15H19N5O2S2. The zero-order chi connectivity index (χ0) is 16.9. The van der Waals surface area contributed by atoms with Crippen molar-refractivity contribution in [1.29, 1.82) is 0 Å². The van der Waals surface area contributed by atoms with E-state index in [0.717, 1.165) is 36.9 Å². The van der Waals surface area contributed by atoms with E-state index in [-0.39, 0.29) is 5.97 Å². The van der Waals surface area contributed by atoms with Crippen LogP contribution in [0.1, 0.15) is 5.01 Å². The SMILES string of the molecule is COC(=O)C1=C(CN2CCN(C=S)CC2)NC(c2nccs2)=NC1. The minimum absolute atomic E-state index is 0.309. The summed E-state index contributed by atoms with van der Waals surface area (Å²) in [6, 6.07) is 0. The first kappa shape index (κ1) is 17.0. The van der Waals surface area contributed by atoms with Crippen LogP contribution in [0.15, 0.2) is 27.8 Å². The van der Waals surface area contributed by atoms with E-state index in [9.17, 15) is 4.79 Å². The molecule has 1 fully saturated rings. The van der Waals surface area contributed by atoms with Crippen molar-refractivity contribution >= 4 is 40.9 Å². The van der Waals surface area contributed by atoms with Crippen LogP contribution >= 0.6 is 23.6 Å². The maximum atomic E-state index is 12.1. The minimum Gasteiger partial charge on any atom is -0.466 e. The Morgan fingerprint density at radius 2 is 2.25 bits per heavy atom. The number of thiazole rings is 1. The molecule has 128 valence electrons. The van der Waals surface area contributed by atoms with Crippen molar-refractivity contribution in [1.82, 2.24) is 20.1 Å². The third-order valence-corrected chi connectivity index (χ3v) is 5.11. The number of hydrogen-bond acceptors (Lipinski definition) is 8. The Morgan fingerprint density at radius 3 is 2.88 bits per heavy atom. The Bertz CT molecular complexity index is 663. The predicted octanol–water partition coefficient (Wildman–Crippen LogP) is 0.495. The summed E-state index contributed by atoms with van der Waals surface area (Å²) in [7, 11) is 1.39. The van der Waals surface area contributed by atoms with E-state index in [4.69, 9.17) is 17.0 Å². The fraction of sp³-hybridized carbons (Fsp3) is 0.467. The van der Waals surface area contributed by atoms with Gasteiger partial charge in [-0.2, -0.15) is 0 Å². The molecule has 3 rings (SSSR count). The van der Waals surface area contributed by atoms with Gasteiger partial charge in [-0.3, -0.25) is 9.89 Å². The van der Waals surface area contributed by atoms with Crippen LogP contribution in [0.25, 0.3) is 0 Å². The standard InChI is InChI=1S/C15H19N5O2S2/c1-22-15(21)11-8-17-13(14-16-2-7-24-14)18-12(11)9-19-3-5-20(10-23)6-4-19/h2,7,10H,3-6,8-9H2,1H3,(H,17,18). The lowest BCUT2D eigenvalue weighted by Crippen LogP contribution is -2.48. The van der Waals surface area contributed by atoms with Gasteiger partial charge in [0.25, 0.3) is 0 Å². The van der Waals surface area contributed by atoms with Gasteiger partial charge in [-0.15, -0.1) is 11.3 Å². The number of nitrogens with zero attached hydrogens (tertiary/aromatic N) is 4. The molecule has 0 radical (unpaired) electrons. The Balaban J connectivity index is 1.73. The van der Waals surface area contributed by atoms with Crippen molar-refractivity contribution in [2.75, 3.05) is 46.4 Å². The number of amidine groups is 1. The zero-order valence-electron chi connectivity index (χ0n) is 13.4. The first-order chi connectivity index (χ1) is 11.7. The minimum atomic E-state index is -0.336. The van der Waals surface area contributed by atoms with E-state index in [1.54, 1.807) is 11.7 Å². The molecule has 1 aromatic heterocycles. The van der Waals surface area contributed by atoms with Crippen molar-refractivity contribution in [3.63, 3.8) is 0 Å². The number of esters is 1. The largest absolute Gasteiger partial charge is 0.466 e. The number of ether oxygens (including phenoxy) is 1. The van der Waals surface area contributed by atoms with Crippen LogP contribution in [0.4, 0.5) is 0 Å². The van der Waals surface area contributed by atoms with E-state index in [0.29, 0.717) is 24.5 Å². The number of rotatable bonds is 5. The molecule has 0 atom stereocenters. The lowest BCUT2D eigenvalue weighted by molar-refractivity contribution is -0.136. The fourth-order valence-corrected chi connectivity index (χ4v) is 3.48. The number of carbonyl (C=O) groups excluding carboxylic acids is 1. The van der Waals surface area contributed by atoms with E-state index >= 15 is 0 Å². The first-order valence-electron chi connectivity index (χ1n) is 7.64. The van der Waals surface area contributed by atoms with Gasteiger partial charge in [0.05, 0.1) is 24.7 Å². The molecule has 2 aliphatic rings. The highest BCUT2D eigenvalue weighted by atomic mass is 32.1. The highest BCUT2D eigenvalue weighted by Crippen LogP contribution is 2.16. The Morgan fingerprint density at radius 1 is 1.46 bits per heavy atom. The second-order valence-electron chi connectivity index (χ2n) is 5.49. The average molecular weight is 365 g/mol. The van der Waals surface area contributed by atoms with Gasteiger partial charge in [-0.25, -0.2) is 9.78 Å². The third-order valence-electron chi connectivity index (χ3n) is 4.03. The van der Waals surface area contributed by atoms with Gasteiger partial charge in [0.15, 0.2) is 10.8 Å². The molecule has 0 aliphatic carbocycles. The first-order valence-corrected chi connectivity index (χ1v) is 8.99. The van der Waals surface area contributed by atoms with Crippen LogP contribution in [-0.4, -0.2) is 78.5 Å². The van der Waals surface area contributed by atoms with E-state index in [1.807, 2.05) is 5.38 Å². The number of nitrogens with one attached hydrogen (secondary N) is 1. The van der Waals surface area contributed by atoms with Crippen molar-refractivity contribution < 1.29 is 9.53 Å². The summed E-state index contributed by atoms with van der Waals surface area (Å²) in [4.78, 5) is 25.2. The number of thiocarbonyl (C=S) groups is 1. The Labute approximate surface area is 150 Å². The smallest absolute Gasteiger partial charge is 0.337 e. The molecule has 0 unspecified atom stereocenters. The summed E-state index contributed by atoms with van der Waals surface area (Å²) in [5.41, 5.74) is 3.13. The molecule has 3 heterocycles. The molecular weight excluding hydrogens is 346 g/mol. The summed E-state index contributed by atoms with van der Waals surface area (Å²) in [5.74, 6) is 0.377. The van der Waals surface area contributed by atoms with Crippen molar-refractivity contribution in [3.05, 3.63) is 27.9 Å². The monoisotopic (exact) mass is 365 g/mol. The lowest BCUT2D eigenvalue weighted by atomic mass is 10.1.